The molecule has 0 unspecified atom stereocenters. The highest BCUT2D eigenvalue weighted by Gasteiger charge is 2.27. The number of hydrogen-bond donors (Lipinski definition) is 0. The fourth-order valence-corrected chi connectivity index (χ4v) is 2.35. The van der Waals surface area contributed by atoms with Gasteiger partial charge in [0.2, 0.25) is 0 Å². The first kappa shape index (κ1) is 9.34. The lowest BCUT2D eigenvalue weighted by Crippen LogP contribution is -1.96. The lowest BCUT2D eigenvalue weighted by atomic mass is 10.0. The zero-order valence-electron chi connectivity index (χ0n) is 9.16. The highest BCUT2D eigenvalue weighted by atomic mass is 16.1. The van der Waals surface area contributed by atoms with Crippen LogP contribution in [0.4, 0.5) is 0 Å². The molecule has 0 atom stereocenters. The fraction of sp³-hybridized carbons (Fsp3) is 0.133. The molecule has 1 aromatic carbocycles. The Morgan fingerprint density at radius 3 is 2.88 bits per heavy atom. The van der Waals surface area contributed by atoms with Crippen LogP contribution in [0.3, 0.4) is 0 Å². The van der Waals surface area contributed by atoms with Crippen molar-refractivity contribution in [1.82, 2.24) is 0 Å². The molecule has 1 nitrogen and oxygen atoms in total. The topological polar surface area (TPSA) is 17.1 Å². The van der Waals surface area contributed by atoms with Gasteiger partial charge in [0.1, 0.15) is 0 Å². The van der Waals surface area contributed by atoms with Crippen molar-refractivity contribution in [3.8, 4) is 0 Å². The molecule has 1 aromatic rings. The third-order valence-corrected chi connectivity index (χ3v) is 3.15. The summed E-state index contributed by atoms with van der Waals surface area (Å²) < 4.78 is 0. The molecule has 0 heterocycles. The molecule has 0 spiro atoms. The number of rotatable bonds is 0. The van der Waals surface area contributed by atoms with E-state index in [9.17, 15) is 4.79 Å². The quantitative estimate of drug-likeness (QED) is 0.638. The van der Waals surface area contributed by atoms with Gasteiger partial charge < -0.3 is 0 Å². The summed E-state index contributed by atoms with van der Waals surface area (Å²) in [6.45, 7) is 2.02. The molecule has 0 radical (unpaired) electrons. The maximum atomic E-state index is 12.2. The van der Waals surface area contributed by atoms with Gasteiger partial charge in [-0.1, -0.05) is 42.0 Å². The lowest BCUT2D eigenvalue weighted by molar-refractivity contribution is 0.104. The fourth-order valence-electron chi connectivity index (χ4n) is 2.35. The van der Waals surface area contributed by atoms with E-state index in [1.807, 2.05) is 31.2 Å². The van der Waals surface area contributed by atoms with Gasteiger partial charge in [0.25, 0.3) is 0 Å². The summed E-state index contributed by atoms with van der Waals surface area (Å²) in [5.41, 5.74) is 5.16. The lowest BCUT2D eigenvalue weighted by Gasteiger charge is -2.02. The summed E-state index contributed by atoms with van der Waals surface area (Å²) >= 11 is 0. The number of allylic oxidation sites excluding steroid dienone is 6. The van der Waals surface area contributed by atoms with E-state index in [-0.39, 0.29) is 5.78 Å². The summed E-state index contributed by atoms with van der Waals surface area (Å²) in [5, 5.41) is 0. The Labute approximate surface area is 94.8 Å². The number of aryl methyl sites for hydroxylation is 1. The highest BCUT2D eigenvalue weighted by Crippen LogP contribution is 2.37. The second kappa shape index (κ2) is 3.31. The van der Waals surface area contributed by atoms with Crippen LogP contribution in [0.1, 0.15) is 27.9 Å². The maximum absolute atomic E-state index is 12.2. The van der Waals surface area contributed by atoms with Crippen molar-refractivity contribution in [1.29, 1.82) is 0 Å². The first-order chi connectivity index (χ1) is 7.77. The van der Waals surface area contributed by atoms with Gasteiger partial charge in [-0.2, -0.15) is 0 Å². The van der Waals surface area contributed by atoms with Crippen LogP contribution in [0.5, 0.6) is 0 Å². The summed E-state index contributed by atoms with van der Waals surface area (Å²) in [6, 6.07) is 6.13. The highest BCUT2D eigenvalue weighted by molar-refractivity contribution is 6.22. The van der Waals surface area contributed by atoms with Gasteiger partial charge in [0.15, 0.2) is 5.78 Å². The molecule has 1 heteroatoms. The molecule has 0 N–H and O–H groups in total. The third kappa shape index (κ3) is 1.21. The molecular formula is C15H12O. The van der Waals surface area contributed by atoms with E-state index in [1.165, 1.54) is 5.57 Å². The van der Waals surface area contributed by atoms with Crippen molar-refractivity contribution >= 4 is 11.4 Å². The van der Waals surface area contributed by atoms with Crippen LogP contribution < -0.4 is 0 Å². The Bertz CT molecular complexity index is 571. The maximum Gasteiger partial charge on any atom is 0.193 e. The predicted octanol–water partition coefficient (Wildman–Crippen LogP) is 3.46. The van der Waals surface area contributed by atoms with Gasteiger partial charge in [0.05, 0.1) is 0 Å². The second-order valence-electron chi connectivity index (χ2n) is 4.26. The van der Waals surface area contributed by atoms with E-state index < -0.39 is 0 Å². The molecule has 0 amide bonds. The number of fused-ring (bicyclic) bond motifs is 2. The van der Waals surface area contributed by atoms with Gasteiger partial charge in [-0.3, -0.25) is 4.79 Å². The van der Waals surface area contributed by atoms with Crippen LogP contribution in [0.2, 0.25) is 0 Å². The van der Waals surface area contributed by atoms with Gasteiger partial charge in [-0.15, -0.1) is 0 Å². The van der Waals surface area contributed by atoms with E-state index in [2.05, 4.69) is 18.2 Å². The van der Waals surface area contributed by atoms with Crippen LogP contribution in [0.15, 0.2) is 48.1 Å². The molecule has 0 fully saturated rings. The minimum atomic E-state index is 0.175. The minimum Gasteiger partial charge on any atom is -0.289 e. The summed E-state index contributed by atoms with van der Waals surface area (Å²) in [6.07, 6.45) is 8.82. The molecule has 2 aliphatic carbocycles. The number of ketones is 1. The van der Waals surface area contributed by atoms with Crippen LogP contribution in [-0.2, 0) is 0 Å². The van der Waals surface area contributed by atoms with Gasteiger partial charge in [0, 0.05) is 11.1 Å². The van der Waals surface area contributed by atoms with Gasteiger partial charge in [-0.25, -0.2) is 0 Å². The van der Waals surface area contributed by atoms with E-state index in [0.29, 0.717) is 0 Å². The molecule has 0 aromatic heterocycles. The first-order valence-corrected chi connectivity index (χ1v) is 5.49. The SMILES string of the molecule is Cc1ccc2c(c1)C(=O)C1=C2CC=CC=C1. The molecule has 0 saturated carbocycles. The van der Waals surface area contributed by atoms with Crippen molar-refractivity contribution in [2.45, 2.75) is 13.3 Å². The third-order valence-electron chi connectivity index (χ3n) is 3.15. The number of hydrogen-bond acceptors (Lipinski definition) is 1. The number of benzene rings is 1. The Balaban J connectivity index is 2.24. The normalized spacial score (nSPS) is 17.4. The van der Waals surface area contributed by atoms with E-state index in [0.717, 1.165) is 28.7 Å². The van der Waals surface area contributed by atoms with Crippen LogP contribution >= 0.6 is 0 Å². The van der Waals surface area contributed by atoms with Crippen molar-refractivity contribution in [3.05, 3.63) is 64.8 Å². The molecule has 78 valence electrons. The first-order valence-electron chi connectivity index (χ1n) is 5.49. The van der Waals surface area contributed by atoms with E-state index >= 15 is 0 Å². The smallest absolute Gasteiger partial charge is 0.193 e. The summed E-state index contributed by atoms with van der Waals surface area (Å²) in [7, 11) is 0. The van der Waals surface area contributed by atoms with E-state index in [4.69, 9.17) is 0 Å². The average Bonchev–Trinajstić information content (AvgIpc) is 2.47. The predicted molar refractivity (Wildman–Crippen MR) is 65.3 cm³/mol. The zero-order chi connectivity index (χ0) is 11.1. The standard InChI is InChI=1S/C15H12O/c1-10-7-8-12-11-5-3-2-4-6-13(11)15(16)14(12)9-10/h2-4,6-9H,5H2,1H3. The van der Waals surface area contributed by atoms with Crippen molar-refractivity contribution in [3.63, 3.8) is 0 Å². The number of Topliss-reactive ketones (excluding diaryl/α,β-unsaturated/α-hetero) is 1. The molecule has 3 rings (SSSR count). The Hall–Kier alpha value is -1.89. The average molecular weight is 208 g/mol. The van der Waals surface area contributed by atoms with Crippen molar-refractivity contribution in [2.24, 2.45) is 0 Å². The second-order valence-corrected chi connectivity index (χ2v) is 4.26. The molecular weight excluding hydrogens is 196 g/mol. The van der Waals surface area contributed by atoms with Crippen molar-refractivity contribution < 1.29 is 4.79 Å². The van der Waals surface area contributed by atoms with Crippen molar-refractivity contribution in [2.75, 3.05) is 0 Å². The van der Waals surface area contributed by atoms with E-state index in [1.54, 1.807) is 0 Å². The van der Waals surface area contributed by atoms with Crippen LogP contribution in [-0.4, -0.2) is 5.78 Å². The largest absolute Gasteiger partial charge is 0.289 e. The summed E-state index contributed by atoms with van der Waals surface area (Å²) in [4.78, 5) is 12.2. The Kier molecular flexibility index (Phi) is 1.93. The molecule has 16 heavy (non-hydrogen) atoms. The van der Waals surface area contributed by atoms with Crippen LogP contribution in [0, 0.1) is 6.92 Å². The van der Waals surface area contributed by atoms with Crippen LogP contribution in [0.25, 0.3) is 5.57 Å². The molecule has 2 aliphatic rings. The minimum absolute atomic E-state index is 0.175. The zero-order valence-corrected chi connectivity index (χ0v) is 9.16. The molecule has 0 aliphatic heterocycles. The number of carbonyl (C=O) groups is 1. The van der Waals surface area contributed by atoms with Gasteiger partial charge in [-0.05, 0) is 30.5 Å². The number of carbonyl (C=O) groups excluding carboxylic acids is 1. The van der Waals surface area contributed by atoms with Gasteiger partial charge >= 0.3 is 0 Å². The Morgan fingerprint density at radius 1 is 1.12 bits per heavy atom. The molecule has 0 saturated heterocycles. The summed E-state index contributed by atoms with van der Waals surface area (Å²) in [5.74, 6) is 0.175. The Morgan fingerprint density at radius 2 is 2.00 bits per heavy atom. The molecule has 0 bridgehead atoms. The monoisotopic (exact) mass is 208 g/mol.